The van der Waals surface area contributed by atoms with E-state index in [1.54, 1.807) is 30.3 Å². The molecule has 1 saturated carbocycles. The van der Waals surface area contributed by atoms with E-state index < -0.39 is 21.9 Å². The first-order valence-corrected chi connectivity index (χ1v) is 10.4. The van der Waals surface area contributed by atoms with Crippen LogP contribution in [0.3, 0.4) is 0 Å². The maximum absolute atomic E-state index is 14.6. The largest absolute Gasteiger partial charge is 0.269 e. The van der Waals surface area contributed by atoms with Gasteiger partial charge in [-0.25, -0.2) is 12.8 Å². The van der Waals surface area contributed by atoms with Gasteiger partial charge in [-0.05, 0) is 30.0 Å². The van der Waals surface area contributed by atoms with Crippen LogP contribution in [0.5, 0.6) is 0 Å². The molecule has 4 rings (SSSR count). The van der Waals surface area contributed by atoms with Crippen molar-refractivity contribution < 1.29 is 12.8 Å². The molecule has 2 aromatic rings. The van der Waals surface area contributed by atoms with E-state index >= 15 is 0 Å². The summed E-state index contributed by atoms with van der Waals surface area (Å²) in [6, 6.07) is 16.3. The number of para-hydroxylation sites is 1. The van der Waals surface area contributed by atoms with Crippen molar-refractivity contribution in [2.45, 2.75) is 37.3 Å². The van der Waals surface area contributed by atoms with Gasteiger partial charge in [0.25, 0.3) is 0 Å². The summed E-state index contributed by atoms with van der Waals surface area (Å²) >= 11 is 0. The molecule has 3 nitrogen and oxygen atoms in total. The number of sulfonamides is 1. The first-order valence-electron chi connectivity index (χ1n) is 8.81. The Bertz CT molecular complexity index is 860. The predicted octanol–water partition coefficient (Wildman–Crippen LogP) is 4.36. The standard InChI is InChI=1S/C20H22FNO2S/c21-18(16-8-2-1-3-9-16)14-25(23,24)22-15-20(12-6-7-13-20)17-10-4-5-11-19(17)22/h1-5,8-11,18H,6-7,12-15H2. The van der Waals surface area contributed by atoms with Crippen LogP contribution in [0.2, 0.25) is 0 Å². The van der Waals surface area contributed by atoms with E-state index in [0.29, 0.717) is 12.1 Å². The van der Waals surface area contributed by atoms with E-state index in [-0.39, 0.29) is 5.41 Å². The predicted molar refractivity (Wildman–Crippen MR) is 98.0 cm³/mol. The molecular formula is C20H22FNO2S. The highest BCUT2D eigenvalue weighted by Crippen LogP contribution is 2.51. The summed E-state index contributed by atoms with van der Waals surface area (Å²) in [6.07, 6.45) is 2.75. The molecule has 1 fully saturated rings. The number of fused-ring (bicyclic) bond motifs is 2. The molecule has 1 heterocycles. The van der Waals surface area contributed by atoms with Gasteiger partial charge in [0.2, 0.25) is 10.0 Å². The van der Waals surface area contributed by atoms with Gasteiger partial charge in [-0.3, -0.25) is 4.31 Å². The zero-order valence-corrected chi connectivity index (χ0v) is 14.9. The molecule has 0 bridgehead atoms. The van der Waals surface area contributed by atoms with E-state index in [9.17, 15) is 12.8 Å². The van der Waals surface area contributed by atoms with E-state index in [1.807, 2.05) is 24.3 Å². The zero-order chi connectivity index (χ0) is 17.5. The van der Waals surface area contributed by atoms with Crippen molar-refractivity contribution in [3.8, 4) is 0 Å². The summed E-state index contributed by atoms with van der Waals surface area (Å²) in [6.45, 7) is 0.455. The molecule has 1 atom stereocenters. The molecule has 0 radical (unpaired) electrons. The van der Waals surface area contributed by atoms with Gasteiger partial charge in [-0.2, -0.15) is 0 Å². The average molecular weight is 359 g/mol. The Morgan fingerprint density at radius 3 is 2.36 bits per heavy atom. The maximum Gasteiger partial charge on any atom is 0.238 e. The highest BCUT2D eigenvalue weighted by molar-refractivity contribution is 7.92. The van der Waals surface area contributed by atoms with E-state index in [0.717, 1.165) is 36.9 Å². The summed E-state index contributed by atoms with van der Waals surface area (Å²) in [5.41, 5.74) is 2.19. The Morgan fingerprint density at radius 1 is 1.00 bits per heavy atom. The van der Waals surface area contributed by atoms with Gasteiger partial charge in [0.15, 0.2) is 0 Å². The number of halogens is 1. The number of nitrogens with zero attached hydrogens (tertiary/aromatic N) is 1. The van der Waals surface area contributed by atoms with Gasteiger partial charge in [0.1, 0.15) is 11.9 Å². The molecule has 1 aliphatic heterocycles. The Kier molecular flexibility index (Phi) is 4.07. The minimum absolute atomic E-state index is 0.0811. The van der Waals surface area contributed by atoms with Crippen LogP contribution in [0.1, 0.15) is 43.0 Å². The van der Waals surface area contributed by atoms with Crippen molar-refractivity contribution in [2.75, 3.05) is 16.6 Å². The molecule has 1 aliphatic carbocycles. The zero-order valence-electron chi connectivity index (χ0n) is 14.1. The monoisotopic (exact) mass is 359 g/mol. The van der Waals surface area contributed by atoms with Gasteiger partial charge in [-0.1, -0.05) is 61.4 Å². The molecule has 1 unspecified atom stereocenters. The van der Waals surface area contributed by atoms with E-state index in [2.05, 4.69) is 0 Å². The lowest BCUT2D eigenvalue weighted by Crippen LogP contribution is -2.37. The van der Waals surface area contributed by atoms with Crippen molar-refractivity contribution in [3.63, 3.8) is 0 Å². The number of rotatable bonds is 4. The van der Waals surface area contributed by atoms with Gasteiger partial charge < -0.3 is 0 Å². The minimum Gasteiger partial charge on any atom is -0.269 e. The number of hydrogen-bond acceptors (Lipinski definition) is 2. The van der Waals surface area contributed by atoms with Crippen LogP contribution in [0.4, 0.5) is 10.1 Å². The van der Waals surface area contributed by atoms with E-state index in [4.69, 9.17) is 0 Å². The number of hydrogen-bond donors (Lipinski definition) is 0. The van der Waals surface area contributed by atoms with E-state index in [1.165, 1.54) is 4.31 Å². The summed E-state index contributed by atoms with van der Waals surface area (Å²) in [4.78, 5) is 0. The third kappa shape index (κ3) is 2.84. The van der Waals surface area contributed by atoms with Crippen molar-refractivity contribution in [1.82, 2.24) is 0 Å². The molecular weight excluding hydrogens is 337 g/mol. The molecule has 0 N–H and O–H groups in total. The summed E-state index contributed by atoms with van der Waals surface area (Å²) in [5, 5.41) is 0. The van der Waals surface area contributed by atoms with Gasteiger partial charge in [0, 0.05) is 12.0 Å². The van der Waals surface area contributed by atoms with Crippen LogP contribution in [-0.4, -0.2) is 20.7 Å². The van der Waals surface area contributed by atoms with Crippen molar-refractivity contribution in [2.24, 2.45) is 0 Å². The lowest BCUT2D eigenvalue weighted by Gasteiger charge is -2.25. The molecule has 132 valence electrons. The molecule has 0 saturated heterocycles. The number of benzene rings is 2. The molecule has 1 spiro atoms. The smallest absolute Gasteiger partial charge is 0.238 e. The van der Waals surface area contributed by atoms with Crippen molar-refractivity contribution in [3.05, 3.63) is 65.7 Å². The quantitative estimate of drug-likeness (QED) is 0.813. The van der Waals surface area contributed by atoms with Crippen molar-refractivity contribution >= 4 is 15.7 Å². The highest BCUT2D eigenvalue weighted by Gasteiger charge is 2.47. The van der Waals surface area contributed by atoms with Gasteiger partial charge >= 0.3 is 0 Å². The average Bonchev–Trinajstić information content (AvgIpc) is 3.22. The third-order valence-electron chi connectivity index (χ3n) is 5.61. The topological polar surface area (TPSA) is 37.4 Å². The fourth-order valence-electron chi connectivity index (χ4n) is 4.35. The SMILES string of the molecule is O=S(=O)(CC(F)c1ccccc1)N1CC2(CCCC2)c2ccccc21. The van der Waals surface area contributed by atoms with Crippen LogP contribution >= 0.6 is 0 Å². The Balaban J connectivity index is 1.65. The Labute approximate surface area is 148 Å². The fraction of sp³-hybridized carbons (Fsp3) is 0.400. The van der Waals surface area contributed by atoms with Crippen LogP contribution in [0.25, 0.3) is 0 Å². The summed E-state index contributed by atoms with van der Waals surface area (Å²) in [7, 11) is -3.73. The number of anilines is 1. The second kappa shape index (κ2) is 6.13. The highest BCUT2D eigenvalue weighted by atomic mass is 32.2. The Morgan fingerprint density at radius 2 is 1.64 bits per heavy atom. The molecule has 2 aromatic carbocycles. The minimum atomic E-state index is -3.73. The Hall–Kier alpha value is -1.88. The third-order valence-corrected chi connectivity index (χ3v) is 7.32. The van der Waals surface area contributed by atoms with Crippen LogP contribution < -0.4 is 4.31 Å². The van der Waals surface area contributed by atoms with Crippen LogP contribution in [0.15, 0.2) is 54.6 Å². The molecule has 25 heavy (non-hydrogen) atoms. The van der Waals surface area contributed by atoms with Crippen LogP contribution in [0, 0.1) is 0 Å². The second-order valence-electron chi connectivity index (χ2n) is 7.17. The lowest BCUT2D eigenvalue weighted by molar-refractivity contribution is 0.373. The van der Waals surface area contributed by atoms with Crippen molar-refractivity contribution in [1.29, 1.82) is 0 Å². The maximum atomic E-state index is 14.6. The van der Waals surface area contributed by atoms with Gasteiger partial charge in [-0.15, -0.1) is 0 Å². The lowest BCUT2D eigenvalue weighted by atomic mass is 9.81. The second-order valence-corrected chi connectivity index (χ2v) is 9.11. The molecule has 0 aromatic heterocycles. The molecule has 2 aliphatic rings. The molecule has 0 amide bonds. The first-order chi connectivity index (χ1) is 12.0. The number of alkyl halides is 1. The van der Waals surface area contributed by atoms with Gasteiger partial charge in [0.05, 0.1) is 5.69 Å². The first kappa shape index (κ1) is 16.6. The fourth-order valence-corrected chi connectivity index (χ4v) is 5.99. The normalized spacial score (nSPS) is 20.0. The summed E-state index contributed by atoms with van der Waals surface area (Å²) in [5.74, 6) is -0.512. The summed E-state index contributed by atoms with van der Waals surface area (Å²) < 4.78 is 42.1. The van der Waals surface area contributed by atoms with Crippen LogP contribution in [-0.2, 0) is 15.4 Å². The molecule has 5 heteroatoms.